The molecule has 0 radical (unpaired) electrons. The van der Waals surface area contributed by atoms with Crippen molar-refractivity contribution in [2.45, 2.75) is 45.2 Å². The lowest BCUT2D eigenvalue weighted by Gasteiger charge is -2.26. The summed E-state index contributed by atoms with van der Waals surface area (Å²) in [5, 5.41) is 6.06. The van der Waals surface area contributed by atoms with Crippen LogP contribution in [0.3, 0.4) is 0 Å². The highest BCUT2D eigenvalue weighted by atomic mass is 35.5. The molecular formula is C13H24Cl2N4O. The van der Waals surface area contributed by atoms with Crippen LogP contribution in [0.2, 0.25) is 0 Å². The van der Waals surface area contributed by atoms with E-state index in [9.17, 15) is 4.79 Å². The summed E-state index contributed by atoms with van der Waals surface area (Å²) in [5.41, 5.74) is 0. The van der Waals surface area contributed by atoms with Crippen LogP contribution in [-0.4, -0.2) is 34.6 Å². The van der Waals surface area contributed by atoms with E-state index in [0.717, 1.165) is 38.3 Å². The molecule has 1 aliphatic rings. The summed E-state index contributed by atoms with van der Waals surface area (Å²) in [4.78, 5) is 15.9. The molecular weight excluding hydrogens is 299 g/mol. The van der Waals surface area contributed by atoms with Crippen molar-refractivity contribution >= 4 is 30.7 Å². The molecule has 2 N–H and O–H groups in total. The Bertz CT molecular complexity index is 405. The van der Waals surface area contributed by atoms with Gasteiger partial charge in [0, 0.05) is 31.4 Å². The van der Waals surface area contributed by atoms with Gasteiger partial charge < -0.3 is 15.2 Å². The van der Waals surface area contributed by atoms with Crippen LogP contribution in [0.5, 0.6) is 0 Å². The van der Waals surface area contributed by atoms with Crippen molar-refractivity contribution in [2.75, 3.05) is 13.1 Å². The maximum absolute atomic E-state index is 11.6. The molecule has 1 aliphatic heterocycles. The third-order valence-corrected chi connectivity index (χ3v) is 3.28. The van der Waals surface area contributed by atoms with Crippen molar-refractivity contribution in [1.29, 1.82) is 0 Å². The lowest BCUT2D eigenvalue weighted by atomic mass is 10.1. The summed E-state index contributed by atoms with van der Waals surface area (Å²) >= 11 is 0. The lowest BCUT2D eigenvalue weighted by molar-refractivity contribution is -0.124. The largest absolute Gasteiger partial charge is 0.355 e. The third kappa shape index (κ3) is 4.96. The van der Waals surface area contributed by atoms with Crippen LogP contribution in [0.1, 0.15) is 38.4 Å². The van der Waals surface area contributed by atoms with E-state index in [0.29, 0.717) is 5.92 Å². The fourth-order valence-electron chi connectivity index (χ4n) is 2.11. The average molecular weight is 323 g/mol. The minimum Gasteiger partial charge on any atom is -0.355 e. The van der Waals surface area contributed by atoms with Crippen molar-refractivity contribution in [2.24, 2.45) is 0 Å². The van der Waals surface area contributed by atoms with E-state index >= 15 is 0 Å². The molecule has 1 aromatic heterocycles. The van der Waals surface area contributed by atoms with Crippen LogP contribution in [0.25, 0.3) is 0 Å². The molecule has 0 saturated carbocycles. The van der Waals surface area contributed by atoms with Gasteiger partial charge >= 0.3 is 0 Å². The summed E-state index contributed by atoms with van der Waals surface area (Å²) in [5.74, 6) is 1.69. The first-order chi connectivity index (χ1) is 8.68. The van der Waals surface area contributed by atoms with E-state index in [1.165, 1.54) is 0 Å². The summed E-state index contributed by atoms with van der Waals surface area (Å²) in [6.45, 7) is 6.88. The van der Waals surface area contributed by atoms with Crippen LogP contribution in [0, 0.1) is 0 Å². The van der Waals surface area contributed by atoms with E-state index in [1.54, 1.807) is 0 Å². The normalized spacial score (nSPS) is 16.9. The highest BCUT2D eigenvalue weighted by Gasteiger charge is 2.23. The first-order valence-corrected chi connectivity index (χ1v) is 6.70. The van der Waals surface area contributed by atoms with Crippen LogP contribution in [0.4, 0.5) is 0 Å². The number of aromatic nitrogens is 2. The monoisotopic (exact) mass is 322 g/mol. The summed E-state index contributed by atoms with van der Waals surface area (Å²) in [6, 6.07) is 0.0458. The highest BCUT2D eigenvalue weighted by molar-refractivity contribution is 5.85. The van der Waals surface area contributed by atoms with Crippen molar-refractivity contribution in [3.8, 4) is 0 Å². The van der Waals surface area contributed by atoms with Crippen molar-refractivity contribution in [3.63, 3.8) is 0 Å². The fraction of sp³-hybridized carbons (Fsp3) is 0.692. The van der Waals surface area contributed by atoms with Crippen LogP contribution in [0.15, 0.2) is 12.4 Å². The number of nitrogens with one attached hydrogen (secondary N) is 2. The zero-order valence-electron chi connectivity index (χ0n) is 12.0. The standard InChI is InChI=1S/C13H22N4O.2ClH/c1-10(2)12-15-7-9-17(12)8-3-5-16-13(18)11-4-6-14-11;;/h7,9-11,14H,3-6,8H2,1-2H3,(H,16,18);2*1H. The summed E-state index contributed by atoms with van der Waals surface area (Å²) in [7, 11) is 0. The van der Waals surface area contributed by atoms with Gasteiger partial charge in [0.1, 0.15) is 5.82 Å². The van der Waals surface area contributed by atoms with E-state index < -0.39 is 0 Å². The number of carbonyl (C=O) groups excluding carboxylic acids is 1. The van der Waals surface area contributed by atoms with Crippen molar-refractivity contribution in [1.82, 2.24) is 20.2 Å². The van der Waals surface area contributed by atoms with E-state index in [2.05, 4.69) is 34.0 Å². The Hall–Kier alpha value is -0.780. The maximum atomic E-state index is 11.6. The Kier molecular flexibility index (Phi) is 8.85. The number of carbonyl (C=O) groups is 1. The molecule has 1 unspecified atom stereocenters. The van der Waals surface area contributed by atoms with Gasteiger partial charge in [0.05, 0.1) is 6.04 Å². The maximum Gasteiger partial charge on any atom is 0.237 e. The van der Waals surface area contributed by atoms with E-state index in [-0.39, 0.29) is 36.8 Å². The van der Waals surface area contributed by atoms with Gasteiger partial charge in [-0.2, -0.15) is 0 Å². The second-order valence-corrected chi connectivity index (χ2v) is 5.07. The van der Waals surface area contributed by atoms with Crippen LogP contribution < -0.4 is 10.6 Å². The number of halogens is 2. The predicted octanol–water partition coefficient (Wildman–Crippen LogP) is 1.72. The molecule has 7 heteroatoms. The zero-order valence-corrected chi connectivity index (χ0v) is 13.6. The number of hydrogen-bond donors (Lipinski definition) is 2. The van der Waals surface area contributed by atoms with Gasteiger partial charge in [0.25, 0.3) is 0 Å². The molecule has 1 aromatic rings. The quantitative estimate of drug-likeness (QED) is 0.784. The van der Waals surface area contributed by atoms with E-state index in [1.807, 2.05) is 12.4 Å². The topological polar surface area (TPSA) is 59.0 Å². The number of nitrogens with zero attached hydrogens (tertiary/aromatic N) is 2. The molecule has 116 valence electrons. The molecule has 0 aromatic carbocycles. The molecule has 2 rings (SSSR count). The molecule has 1 saturated heterocycles. The molecule has 20 heavy (non-hydrogen) atoms. The minimum atomic E-state index is 0. The van der Waals surface area contributed by atoms with Crippen LogP contribution >= 0.6 is 24.8 Å². The number of aryl methyl sites for hydroxylation is 1. The average Bonchev–Trinajstić information content (AvgIpc) is 2.70. The molecule has 2 heterocycles. The zero-order chi connectivity index (χ0) is 13.0. The first-order valence-electron chi connectivity index (χ1n) is 6.70. The molecule has 5 nitrogen and oxygen atoms in total. The second kappa shape index (κ2) is 9.21. The predicted molar refractivity (Wildman–Crippen MR) is 84.8 cm³/mol. The second-order valence-electron chi connectivity index (χ2n) is 5.07. The van der Waals surface area contributed by atoms with E-state index in [4.69, 9.17) is 0 Å². The van der Waals surface area contributed by atoms with Crippen molar-refractivity contribution in [3.05, 3.63) is 18.2 Å². The number of hydrogen-bond acceptors (Lipinski definition) is 3. The van der Waals surface area contributed by atoms with Gasteiger partial charge in [0.15, 0.2) is 0 Å². The van der Waals surface area contributed by atoms with Gasteiger partial charge in [-0.25, -0.2) is 4.98 Å². The van der Waals surface area contributed by atoms with Gasteiger partial charge in [0.2, 0.25) is 5.91 Å². The van der Waals surface area contributed by atoms with Crippen molar-refractivity contribution < 1.29 is 4.79 Å². The number of rotatable bonds is 6. The molecule has 0 spiro atoms. The Morgan fingerprint density at radius 3 is 2.80 bits per heavy atom. The first kappa shape index (κ1) is 19.2. The SMILES string of the molecule is CC(C)c1nccn1CCCNC(=O)C1CCN1.Cl.Cl. The Morgan fingerprint density at radius 2 is 2.25 bits per heavy atom. The smallest absolute Gasteiger partial charge is 0.237 e. The van der Waals surface area contributed by atoms with Gasteiger partial charge in [-0.1, -0.05) is 13.8 Å². The highest BCUT2D eigenvalue weighted by Crippen LogP contribution is 2.11. The lowest BCUT2D eigenvalue weighted by Crippen LogP contribution is -2.53. The Labute approximate surface area is 132 Å². The number of imidazole rings is 1. The summed E-state index contributed by atoms with van der Waals surface area (Å²) < 4.78 is 2.17. The Balaban J connectivity index is 0.00000180. The van der Waals surface area contributed by atoms with Gasteiger partial charge in [-0.05, 0) is 19.4 Å². The molecule has 0 aliphatic carbocycles. The van der Waals surface area contributed by atoms with Gasteiger partial charge in [-0.3, -0.25) is 4.79 Å². The van der Waals surface area contributed by atoms with Crippen LogP contribution in [-0.2, 0) is 11.3 Å². The number of amides is 1. The van der Waals surface area contributed by atoms with Gasteiger partial charge in [-0.15, -0.1) is 24.8 Å². The Morgan fingerprint density at radius 1 is 1.55 bits per heavy atom. The fourth-order valence-corrected chi connectivity index (χ4v) is 2.11. The molecule has 1 atom stereocenters. The summed E-state index contributed by atoms with van der Waals surface area (Å²) in [6.07, 6.45) is 5.75. The molecule has 1 fully saturated rings. The third-order valence-electron chi connectivity index (χ3n) is 3.28. The minimum absolute atomic E-state index is 0. The molecule has 0 bridgehead atoms. The molecule has 1 amide bonds.